The highest BCUT2D eigenvalue weighted by atomic mass is 35.5. The summed E-state index contributed by atoms with van der Waals surface area (Å²) < 4.78 is 0. The molecule has 0 aliphatic carbocycles. The molecule has 1 rings (SSSR count). The Morgan fingerprint density at radius 2 is 2.08 bits per heavy atom. The minimum Gasteiger partial charge on any atom is -0.0995 e. The summed E-state index contributed by atoms with van der Waals surface area (Å²) >= 11 is 6.03. The highest BCUT2D eigenvalue weighted by molar-refractivity contribution is 6.31. The minimum absolute atomic E-state index is 0.847. The number of allylic oxidation sites excluding steroid dienone is 1. The van der Waals surface area contributed by atoms with E-state index in [9.17, 15) is 0 Å². The van der Waals surface area contributed by atoms with Gasteiger partial charge in [-0.3, -0.25) is 0 Å². The lowest BCUT2D eigenvalue weighted by Crippen LogP contribution is -1.89. The van der Waals surface area contributed by atoms with Gasteiger partial charge in [-0.05, 0) is 24.5 Å². The van der Waals surface area contributed by atoms with Gasteiger partial charge in [-0.1, -0.05) is 55.3 Å². The lowest BCUT2D eigenvalue weighted by molar-refractivity contribution is 0.875. The first-order valence-corrected chi connectivity index (χ1v) is 5.02. The molecule has 1 heteroatoms. The van der Waals surface area contributed by atoms with Crippen molar-refractivity contribution < 1.29 is 0 Å². The normalized spacial score (nSPS) is 10.0. The van der Waals surface area contributed by atoms with Crippen LogP contribution < -0.4 is 0 Å². The zero-order valence-corrected chi connectivity index (χ0v) is 8.77. The van der Waals surface area contributed by atoms with Crippen LogP contribution in [0.25, 0.3) is 0 Å². The Balaban J connectivity index is 2.63. The van der Waals surface area contributed by atoms with Crippen molar-refractivity contribution in [3.8, 4) is 0 Å². The maximum Gasteiger partial charge on any atom is 0.0441 e. The van der Waals surface area contributed by atoms with E-state index in [0.717, 1.165) is 24.3 Å². The van der Waals surface area contributed by atoms with E-state index in [1.54, 1.807) is 0 Å². The van der Waals surface area contributed by atoms with Crippen molar-refractivity contribution in [3.63, 3.8) is 0 Å². The molecule has 0 N–H and O–H groups in total. The number of hydrogen-bond donors (Lipinski definition) is 0. The first-order chi connectivity index (χ1) is 6.24. The van der Waals surface area contributed by atoms with E-state index < -0.39 is 0 Å². The molecule has 0 nitrogen and oxygen atoms in total. The average Bonchev–Trinajstić information content (AvgIpc) is 2.09. The van der Waals surface area contributed by atoms with E-state index in [0.29, 0.717) is 0 Å². The maximum absolute atomic E-state index is 6.03. The molecule has 0 radical (unpaired) electrons. The average molecular weight is 195 g/mol. The zero-order valence-electron chi connectivity index (χ0n) is 8.02. The number of rotatable bonds is 4. The van der Waals surface area contributed by atoms with Crippen LogP contribution in [0.15, 0.2) is 36.4 Å². The van der Waals surface area contributed by atoms with Gasteiger partial charge in [-0.2, -0.15) is 0 Å². The molecule has 0 saturated heterocycles. The Hall–Kier alpha value is -0.750. The molecule has 0 aliphatic rings. The summed E-state index contributed by atoms with van der Waals surface area (Å²) in [5, 5.41) is 0.847. The zero-order chi connectivity index (χ0) is 9.68. The SMILES string of the molecule is C=C(CCC)Cc1ccccc1Cl. The van der Waals surface area contributed by atoms with Crippen molar-refractivity contribution in [3.05, 3.63) is 47.0 Å². The predicted octanol–water partition coefficient (Wildman–Crippen LogP) is 4.24. The molecule has 0 amide bonds. The molecule has 0 bridgehead atoms. The summed E-state index contributed by atoms with van der Waals surface area (Å²) in [5.74, 6) is 0. The lowest BCUT2D eigenvalue weighted by atomic mass is 10.0. The van der Waals surface area contributed by atoms with E-state index in [-0.39, 0.29) is 0 Å². The van der Waals surface area contributed by atoms with Gasteiger partial charge < -0.3 is 0 Å². The topological polar surface area (TPSA) is 0 Å². The van der Waals surface area contributed by atoms with E-state index in [2.05, 4.69) is 19.6 Å². The Morgan fingerprint density at radius 3 is 2.69 bits per heavy atom. The van der Waals surface area contributed by atoms with Crippen LogP contribution >= 0.6 is 11.6 Å². The van der Waals surface area contributed by atoms with Crippen LogP contribution in [0.2, 0.25) is 5.02 Å². The quantitative estimate of drug-likeness (QED) is 0.629. The van der Waals surface area contributed by atoms with Crippen LogP contribution in [-0.2, 0) is 6.42 Å². The molecule has 0 fully saturated rings. The van der Waals surface area contributed by atoms with Crippen molar-refractivity contribution in [2.45, 2.75) is 26.2 Å². The fourth-order valence-electron chi connectivity index (χ4n) is 1.35. The van der Waals surface area contributed by atoms with Crippen LogP contribution in [0.3, 0.4) is 0 Å². The second kappa shape index (κ2) is 5.08. The van der Waals surface area contributed by atoms with Crippen molar-refractivity contribution in [1.82, 2.24) is 0 Å². The molecule has 0 saturated carbocycles. The highest BCUT2D eigenvalue weighted by Gasteiger charge is 2.00. The van der Waals surface area contributed by atoms with Crippen LogP contribution in [-0.4, -0.2) is 0 Å². The number of hydrogen-bond acceptors (Lipinski definition) is 0. The number of halogens is 1. The molecule has 0 heterocycles. The summed E-state index contributed by atoms with van der Waals surface area (Å²) in [6.07, 6.45) is 3.15. The minimum atomic E-state index is 0.847. The highest BCUT2D eigenvalue weighted by Crippen LogP contribution is 2.19. The molecule has 0 aromatic heterocycles. The Labute approximate surface area is 85.2 Å². The third kappa shape index (κ3) is 3.23. The van der Waals surface area contributed by atoms with Crippen molar-refractivity contribution in [2.24, 2.45) is 0 Å². The van der Waals surface area contributed by atoms with Crippen molar-refractivity contribution in [1.29, 1.82) is 0 Å². The third-order valence-corrected chi connectivity index (χ3v) is 2.37. The molecule has 1 aromatic carbocycles. The summed E-state index contributed by atoms with van der Waals surface area (Å²) in [6.45, 7) is 6.19. The molecular formula is C12H15Cl. The monoisotopic (exact) mass is 194 g/mol. The van der Waals surface area contributed by atoms with Crippen molar-refractivity contribution >= 4 is 11.6 Å². The van der Waals surface area contributed by atoms with E-state index in [1.807, 2.05) is 18.2 Å². The van der Waals surface area contributed by atoms with Crippen LogP contribution in [0.5, 0.6) is 0 Å². The third-order valence-electron chi connectivity index (χ3n) is 2.00. The van der Waals surface area contributed by atoms with Gasteiger partial charge in [0.25, 0.3) is 0 Å². The fourth-order valence-corrected chi connectivity index (χ4v) is 1.56. The summed E-state index contributed by atoms with van der Waals surface area (Å²) in [5.41, 5.74) is 2.44. The molecule has 13 heavy (non-hydrogen) atoms. The molecule has 1 aromatic rings. The summed E-state index contributed by atoms with van der Waals surface area (Å²) in [4.78, 5) is 0. The van der Waals surface area contributed by atoms with Crippen LogP contribution in [0.4, 0.5) is 0 Å². The van der Waals surface area contributed by atoms with E-state index >= 15 is 0 Å². The van der Waals surface area contributed by atoms with Gasteiger partial charge in [0.1, 0.15) is 0 Å². The van der Waals surface area contributed by atoms with Gasteiger partial charge >= 0.3 is 0 Å². The maximum atomic E-state index is 6.03. The van der Waals surface area contributed by atoms with Gasteiger partial charge in [-0.15, -0.1) is 0 Å². The summed E-state index contributed by atoms with van der Waals surface area (Å²) in [7, 11) is 0. The van der Waals surface area contributed by atoms with Gasteiger partial charge in [0, 0.05) is 5.02 Å². The molecule has 0 atom stereocenters. The fraction of sp³-hybridized carbons (Fsp3) is 0.333. The molecule has 0 unspecified atom stereocenters. The lowest BCUT2D eigenvalue weighted by Gasteiger charge is -2.05. The van der Waals surface area contributed by atoms with E-state index in [4.69, 9.17) is 11.6 Å². The summed E-state index contributed by atoms with van der Waals surface area (Å²) in [6, 6.07) is 7.95. The molecule has 0 aliphatic heterocycles. The standard InChI is InChI=1S/C12H15Cl/c1-3-6-10(2)9-11-7-4-5-8-12(11)13/h4-5,7-8H,2-3,6,9H2,1H3. The molecule has 70 valence electrons. The second-order valence-electron chi connectivity index (χ2n) is 3.27. The molecule has 0 spiro atoms. The first kappa shape index (κ1) is 10.3. The number of benzene rings is 1. The Kier molecular flexibility index (Phi) is 4.04. The van der Waals surface area contributed by atoms with E-state index in [1.165, 1.54) is 11.1 Å². The second-order valence-corrected chi connectivity index (χ2v) is 3.68. The van der Waals surface area contributed by atoms with Crippen molar-refractivity contribution in [2.75, 3.05) is 0 Å². The van der Waals surface area contributed by atoms with Crippen LogP contribution in [0, 0.1) is 0 Å². The predicted molar refractivity (Wildman–Crippen MR) is 59.2 cm³/mol. The van der Waals surface area contributed by atoms with Gasteiger partial charge in [0.15, 0.2) is 0 Å². The first-order valence-electron chi connectivity index (χ1n) is 4.64. The van der Waals surface area contributed by atoms with Gasteiger partial charge in [-0.25, -0.2) is 0 Å². The Bertz CT molecular complexity index is 289. The Morgan fingerprint density at radius 1 is 1.38 bits per heavy atom. The van der Waals surface area contributed by atoms with Gasteiger partial charge in [0.2, 0.25) is 0 Å². The van der Waals surface area contributed by atoms with Gasteiger partial charge in [0.05, 0.1) is 0 Å². The molecular weight excluding hydrogens is 180 g/mol. The largest absolute Gasteiger partial charge is 0.0995 e. The van der Waals surface area contributed by atoms with Crippen LogP contribution in [0.1, 0.15) is 25.3 Å². The smallest absolute Gasteiger partial charge is 0.0441 e.